The van der Waals surface area contributed by atoms with Gasteiger partial charge in [-0.3, -0.25) is 15.3 Å². The number of hydrogen-bond donors (Lipinski definition) is 4. The van der Waals surface area contributed by atoms with Crippen LogP contribution in [0.25, 0.3) is 0 Å². The molecule has 0 saturated heterocycles. The Hall–Kier alpha value is -3.05. The molecular weight excluding hydrogens is 472 g/mol. The second-order valence-electron chi connectivity index (χ2n) is 7.27. The summed E-state index contributed by atoms with van der Waals surface area (Å²) in [7, 11) is 0. The van der Waals surface area contributed by atoms with Crippen molar-refractivity contribution in [3.05, 3.63) is 66.2 Å². The fourth-order valence-electron chi connectivity index (χ4n) is 3.24. The van der Waals surface area contributed by atoms with Crippen LogP contribution in [0.15, 0.2) is 65.6 Å². The van der Waals surface area contributed by atoms with Gasteiger partial charge in [-0.25, -0.2) is 10.3 Å². The first kappa shape index (κ1) is 28.2. The van der Waals surface area contributed by atoms with Gasteiger partial charge in [0.25, 0.3) is 5.91 Å². The van der Waals surface area contributed by atoms with Gasteiger partial charge in [0.05, 0.1) is 12.7 Å². The number of carbonyl (C=O) groups excluding carboxylic acids is 2. The maximum atomic E-state index is 12.8. The average molecular weight is 505 g/mol. The number of anilines is 1. The number of aliphatic hydroxyl groups excluding tert-OH is 1. The Labute approximate surface area is 209 Å². The van der Waals surface area contributed by atoms with Crippen LogP contribution in [0, 0.1) is 0 Å². The van der Waals surface area contributed by atoms with E-state index in [1.807, 2.05) is 25.3 Å². The van der Waals surface area contributed by atoms with E-state index in [4.69, 9.17) is 24.5 Å². The van der Waals surface area contributed by atoms with Crippen LogP contribution in [0.2, 0.25) is 0 Å². The van der Waals surface area contributed by atoms with E-state index >= 15 is 0 Å². The van der Waals surface area contributed by atoms with Gasteiger partial charge < -0.3 is 19.3 Å². The predicted molar refractivity (Wildman–Crippen MR) is 134 cm³/mol. The summed E-state index contributed by atoms with van der Waals surface area (Å²) in [4.78, 5) is 25.1. The number of amides is 2. The zero-order valence-corrected chi connectivity index (χ0v) is 20.6. The lowest BCUT2D eigenvalue weighted by atomic mass is 10.00. The van der Waals surface area contributed by atoms with Gasteiger partial charge in [0, 0.05) is 23.3 Å². The van der Waals surface area contributed by atoms with Crippen molar-refractivity contribution in [1.29, 1.82) is 0 Å². The third kappa shape index (κ3) is 9.99. The third-order valence-corrected chi connectivity index (χ3v) is 5.60. The molecule has 0 heterocycles. The molecule has 0 aliphatic heterocycles. The van der Waals surface area contributed by atoms with Crippen LogP contribution < -0.4 is 15.5 Å². The molecule has 0 radical (unpaired) electrons. The van der Waals surface area contributed by atoms with Crippen molar-refractivity contribution in [1.82, 2.24) is 5.48 Å². The van der Waals surface area contributed by atoms with E-state index in [1.165, 1.54) is 11.6 Å². The average Bonchev–Trinajstić information content (AvgIpc) is 2.88. The molecule has 0 aliphatic rings. The van der Waals surface area contributed by atoms with Gasteiger partial charge in [0.2, 0.25) is 0 Å². The Balaban J connectivity index is 2.20. The lowest BCUT2D eigenvalue weighted by Crippen LogP contribution is -2.29. The second-order valence-corrected chi connectivity index (χ2v) is 8.15. The number of aliphatic hydroxyl groups is 1. The summed E-state index contributed by atoms with van der Waals surface area (Å²) in [5, 5.41) is 20.3. The van der Waals surface area contributed by atoms with Crippen molar-refractivity contribution in [2.45, 2.75) is 36.9 Å². The molecule has 2 aromatic carbocycles. The molecule has 10 heteroatoms. The number of ether oxygens (including phenoxy) is 3. The van der Waals surface area contributed by atoms with Crippen LogP contribution in [-0.4, -0.2) is 54.5 Å². The highest BCUT2D eigenvalue weighted by Gasteiger charge is 2.27. The molecule has 2 rings (SSSR count). The first-order valence-corrected chi connectivity index (χ1v) is 12.4. The first-order chi connectivity index (χ1) is 17.0. The lowest BCUT2D eigenvalue weighted by molar-refractivity contribution is -0.124. The topological polar surface area (TPSA) is 126 Å². The molecular formula is C25H32N2O7S. The quantitative estimate of drug-likeness (QED) is 0.130. The summed E-state index contributed by atoms with van der Waals surface area (Å²) in [5.41, 5.74) is 2.84. The molecule has 0 aromatic heterocycles. The molecule has 0 aliphatic carbocycles. The van der Waals surface area contributed by atoms with Crippen molar-refractivity contribution in [2.24, 2.45) is 0 Å². The summed E-state index contributed by atoms with van der Waals surface area (Å²) >= 11 is 1.60. The number of thioether (sulfide) groups is 1. The van der Waals surface area contributed by atoms with Crippen molar-refractivity contribution >= 4 is 29.4 Å². The van der Waals surface area contributed by atoms with E-state index in [0.717, 1.165) is 4.90 Å². The summed E-state index contributed by atoms with van der Waals surface area (Å²) in [6.07, 6.45) is 3.82. The third-order valence-electron chi connectivity index (χ3n) is 4.85. The fourth-order valence-corrected chi connectivity index (χ4v) is 3.65. The van der Waals surface area contributed by atoms with Crippen LogP contribution in [0.1, 0.15) is 31.4 Å². The predicted octanol–water partition coefficient (Wildman–Crippen LogP) is 4.32. The van der Waals surface area contributed by atoms with Gasteiger partial charge in [0.1, 0.15) is 12.4 Å². The molecule has 9 nitrogen and oxygen atoms in total. The molecule has 0 spiro atoms. The minimum Gasteiger partial charge on any atom is -0.491 e. The molecule has 2 atom stereocenters. The number of allylic oxidation sites excluding steroid dienone is 1. The monoisotopic (exact) mass is 504 g/mol. The van der Waals surface area contributed by atoms with Gasteiger partial charge in [-0.05, 0) is 68.0 Å². The molecule has 0 bridgehead atoms. The van der Waals surface area contributed by atoms with Gasteiger partial charge >= 0.3 is 6.09 Å². The molecule has 0 fully saturated rings. The Kier molecular flexibility index (Phi) is 12.7. The maximum absolute atomic E-state index is 12.8. The molecule has 4 N–H and O–H groups in total. The van der Waals surface area contributed by atoms with Crippen molar-refractivity contribution in [3.8, 4) is 5.75 Å². The van der Waals surface area contributed by atoms with Gasteiger partial charge in [0.15, 0.2) is 6.10 Å². The number of hydrogen-bond acceptors (Lipinski definition) is 8. The van der Waals surface area contributed by atoms with E-state index in [1.54, 1.807) is 54.2 Å². The van der Waals surface area contributed by atoms with Gasteiger partial charge in [-0.2, -0.15) is 0 Å². The van der Waals surface area contributed by atoms with Crippen molar-refractivity contribution in [2.75, 3.05) is 31.4 Å². The van der Waals surface area contributed by atoms with Crippen LogP contribution in [0.5, 0.6) is 5.75 Å². The summed E-state index contributed by atoms with van der Waals surface area (Å²) < 4.78 is 17.2. The van der Waals surface area contributed by atoms with Crippen LogP contribution in [0.3, 0.4) is 0 Å². The fraction of sp³-hybridized carbons (Fsp3) is 0.360. The summed E-state index contributed by atoms with van der Waals surface area (Å²) in [6, 6.07) is 14.4. The highest BCUT2D eigenvalue weighted by Crippen LogP contribution is 2.29. The van der Waals surface area contributed by atoms with E-state index in [0.29, 0.717) is 36.4 Å². The Morgan fingerprint density at radius 2 is 1.83 bits per heavy atom. The van der Waals surface area contributed by atoms with Gasteiger partial charge in [-0.1, -0.05) is 18.2 Å². The smallest absolute Gasteiger partial charge is 0.412 e. The van der Waals surface area contributed by atoms with E-state index in [2.05, 4.69) is 5.32 Å². The van der Waals surface area contributed by atoms with E-state index in [9.17, 15) is 9.59 Å². The SMILES string of the molecule is CCO[C@H](CC/C=C/C(=O)NO)[C@H](OC(=O)Nc1ccc(SC)cc1)c1ccc(OCCO)cc1. The summed E-state index contributed by atoms with van der Waals surface area (Å²) in [6.45, 7) is 2.31. The summed E-state index contributed by atoms with van der Waals surface area (Å²) in [5.74, 6) is -0.0538. The molecule has 35 heavy (non-hydrogen) atoms. The Morgan fingerprint density at radius 1 is 1.11 bits per heavy atom. The zero-order chi connectivity index (χ0) is 25.5. The molecule has 2 aromatic rings. The van der Waals surface area contributed by atoms with E-state index < -0.39 is 24.2 Å². The zero-order valence-electron chi connectivity index (χ0n) is 19.8. The normalized spacial score (nSPS) is 12.7. The lowest BCUT2D eigenvalue weighted by Gasteiger charge is -2.27. The number of carbonyl (C=O) groups is 2. The minimum absolute atomic E-state index is 0.0974. The van der Waals surface area contributed by atoms with E-state index in [-0.39, 0.29) is 13.2 Å². The molecule has 190 valence electrons. The number of hydroxylamine groups is 1. The van der Waals surface area contributed by atoms with Crippen molar-refractivity contribution < 1.29 is 34.1 Å². The molecule has 0 saturated carbocycles. The highest BCUT2D eigenvalue weighted by atomic mass is 32.2. The highest BCUT2D eigenvalue weighted by molar-refractivity contribution is 7.98. The van der Waals surface area contributed by atoms with Crippen molar-refractivity contribution in [3.63, 3.8) is 0 Å². The largest absolute Gasteiger partial charge is 0.491 e. The molecule has 0 unspecified atom stereocenters. The second kappa shape index (κ2) is 15.8. The number of nitrogens with one attached hydrogen (secondary N) is 2. The van der Waals surface area contributed by atoms with Gasteiger partial charge in [-0.15, -0.1) is 11.8 Å². The first-order valence-electron chi connectivity index (χ1n) is 11.2. The minimum atomic E-state index is -0.743. The number of benzene rings is 2. The molecule has 2 amide bonds. The standard InChI is InChI=1S/C25H32N2O7S/c1-3-32-22(6-4-5-7-23(29)27-31)24(18-8-12-20(13-9-18)33-17-16-28)34-25(30)26-19-10-14-21(35-2)15-11-19/h5,7-15,22,24,28,31H,3-4,6,16-17H2,1-2H3,(H,26,30)(H,27,29)/b7-5+/t22-,24-/m1/s1. The Morgan fingerprint density at radius 3 is 2.43 bits per heavy atom. The van der Waals surface area contributed by atoms with Crippen LogP contribution in [-0.2, 0) is 14.3 Å². The van der Waals surface area contributed by atoms with Crippen LogP contribution >= 0.6 is 11.8 Å². The van der Waals surface area contributed by atoms with Crippen LogP contribution in [0.4, 0.5) is 10.5 Å². The maximum Gasteiger partial charge on any atom is 0.412 e. The number of rotatable bonds is 14. The Bertz CT molecular complexity index is 936.